The van der Waals surface area contributed by atoms with Crippen molar-refractivity contribution >= 4 is 18.3 Å². The molecule has 0 aromatic heterocycles. The van der Waals surface area contributed by atoms with Gasteiger partial charge in [0, 0.05) is 26.1 Å². The van der Waals surface area contributed by atoms with Crippen molar-refractivity contribution in [2.45, 2.75) is 25.8 Å². The predicted molar refractivity (Wildman–Crippen MR) is 79.7 cm³/mol. The van der Waals surface area contributed by atoms with Gasteiger partial charge in [-0.1, -0.05) is 0 Å². The third kappa shape index (κ3) is 6.21. The zero-order valence-corrected chi connectivity index (χ0v) is 12.7. The summed E-state index contributed by atoms with van der Waals surface area (Å²) in [5.41, 5.74) is 5.50. The SMILES string of the molecule is CC(CN)N(C)C(=O)CCCOc1ccc(F)cc1.Cl. The van der Waals surface area contributed by atoms with Gasteiger partial charge in [0.15, 0.2) is 0 Å². The molecule has 1 atom stereocenters. The lowest BCUT2D eigenvalue weighted by atomic mass is 10.2. The molecule has 6 heteroatoms. The second-order valence-electron chi connectivity index (χ2n) is 4.50. The van der Waals surface area contributed by atoms with Crippen molar-refractivity contribution < 1.29 is 13.9 Å². The summed E-state index contributed by atoms with van der Waals surface area (Å²) in [6, 6.07) is 5.87. The minimum atomic E-state index is -0.292. The normalized spacial score (nSPS) is 11.4. The second-order valence-corrected chi connectivity index (χ2v) is 4.50. The third-order valence-corrected chi connectivity index (χ3v) is 3.01. The number of nitrogens with two attached hydrogens (primary N) is 1. The minimum absolute atomic E-state index is 0. The van der Waals surface area contributed by atoms with Crippen LogP contribution in [0, 0.1) is 5.82 Å². The standard InChI is InChI=1S/C14H21FN2O2.ClH/c1-11(10-16)17(2)14(18)4-3-9-19-13-7-5-12(15)6-8-13;/h5-8,11H,3-4,9-10,16H2,1-2H3;1H. The highest BCUT2D eigenvalue weighted by Crippen LogP contribution is 2.11. The highest BCUT2D eigenvalue weighted by Gasteiger charge is 2.13. The van der Waals surface area contributed by atoms with Gasteiger partial charge in [-0.2, -0.15) is 0 Å². The summed E-state index contributed by atoms with van der Waals surface area (Å²) in [4.78, 5) is 13.4. The lowest BCUT2D eigenvalue weighted by Crippen LogP contribution is -2.39. The Kier molecular flexibility index (Phi) is 8.92. The molecule has 0 fully saturated rings. The second kappa shape index (κ2) is 9.55. The molecule has 1 aromatic carbocycles. The first kappa shape index (κ1) is 18.7. The number of likely N-dealkylation sites (N-methyl/N-ethyl adjacent to an activating group) is 1. The first-order chi connectivity index (χ1) is 9.04. The summed E-state index contributed by atoms with van der Waals surface area (Å²) in [5, 5.41) is 0. The van der Waals surface area contributed by atoms with Crippen LogP contribution in [0.1, 0.15) is 19.8 Å². The minimum Gasteiger partial charge on any atom is -0.494 e. The van der Waals surface area contributed by atoms with Crippen molar-refractivity contribution in [2.24, 2.45) is 5.73 Å². The van der Waals surface area contributed by atoms with E-state index in [1.54, 1.807) is 24.1 Å². The third-order valence-electron chi connectivity index (χ3n) is 3.01. The molecule has 1 aromatic rings. The Hall–Kier alpha value is -1.33. The molecule has 114 valence electrons. The lowest BCUT2D eigenvalue weighted by Gasteiger charge is -2.23. The molecule has 0 saturated heterocycles. The van der Waals surface area contributed by atoms with E-state index in [1.165, 1.54) is 12.1 Å². The van der Waals surface area contributed by atoms with E-state index in [1.807, 2.05) is 6.92 Å². The maximum Gasteiger partial charge on any atom is 0.222 e. The molecule has 0 bridgehead atoms. The summed E-state index contributed by atoms with van der Waals surface area (Å²) in [7, 11) is 1.75. The molecular formula is C14H22ClFN2O2. The number of hydrogen-bond acceptors (Lipinski definition) is 3. The molecule has 0 radical (unpaired) electrons. The summed E-state index contributed by atoms with van der Waals surface area (Å²) in [5.74, 6) is 0.373. The molecule has 1 unspecified atom stereocenters. The van der Waals surface area contributed by atoms with Gasteiger partial charge in [0.05, 0.1) is 6.61 Å². The van der Waals surface area contributed by atoms with Crippen molar-refractivity contribution in [1.29, 1.82) is 0 Å². The fourth-order valence-electron chi connectivity index (χ4n) is 1.52. The monoisotopic (exact) mass is 304 g/mol. The van der Waals surface area contributed by atoms with Crippen molar-refractivity contribution in [2.75, 3.05) is 20.2 Å². The van der Waals surface area contributed by atoms with Crippen molar-refractivity contribution in [3.63, 3.8) is 0 Å². The summed E-state index contributed by atoms with van der Waals surface area (Å²) in [6.45, 7) is 2.80. The zero-order valence-electron chi connectivity index (χ0n) is 11.8. The fraction of sp³-hybridized carbons (Fsp3) is 0.500. The molecule has 0 heterocycles. The predicted octanol–water partition coefficient (Wildman–Crippen LogP) is 2.21. The maximum absolute atomic E-state index is 12.7. The van der Waals surface area contributed by atoms with E-state index in [-0.39, 0.29) is 30.2 Å². The van der Waals surface area contributed by atoms with Gasteiger partial charge in [-0.05, 0) is 37.6 Å². The number of halogens is 2. The molecule has 0 aliphatic carbocycles. The highest BCUT2D eigenvalue weighted by atomic mass is 35.5. The first-order valence-electron chi connectivity index (χ1n) is 6.38. The molecule has 1 rings (SSSR count). The maximum atomic E-state index is 12.7. The van der Waals surface area contributed by atoms with E-state index in [0.717, 1.165) is 0 Å². The lowest BCUT2D eigenvalue weighted by molar-refractivity contribution is -0.131. The van der Waals surface area contributed by atoms with E-state index in [0.29, 0.717) is 31.7 Å². The number of carbonyl (C=O) groups is 1. The number of ether oxygens (including phenoxy) is 1. The Morgan fingerprint density at radius 1 is 1.40 bits per heavy atom. The van der Waals surface area contributed by atoms with Crippen LogP contribution in [0.5, 0.6) is 5.75 Å². The first-order valence-corrected chi connectivity index (χ1v) is 6.38. The van der Waals surface area contributed by atoms with E-state index < -0.39 is 0 Å². The van der Waals surface area contributed by atoms with Gasteiger partial charge in [-0.15, -0.1) is 12.4 Å². The van der Waals surface area contributed by atoms with E-state index >= 15 is 0 Å². The van der Waals surface area contributed by atoms with Crippen LogP contribution in [-0.2, 0) is 4.79 Å². The molecular weight excluding hydrogens is 283 g/mol. The van der Waals surface area contributed by atoms with Crippen LogP contribution in [0.4, 0.5) is 4.39 Å². The molecule has 2 N–H and O–H groups in total. The molecule has 0 saturated carbocycles. The Balaban J connectivity index is 0.00000361. The van der Waals surface area contributed by atoms with E-state index in [2.05, 4.69) is 0 Å². The summed E-state index contributed by atoms with van der Waals surface area (Å²) >= 11 is 0. The number of hydrogen-bond donors (Lipinski definition) is 1. The molecule has 0 spiro atoms. The Morgan fingerprint density at radius 3 is 2.55 bits per heavy atom. The molecule has 4 nitrogen and oxygen atoms in total. The van der Waals surface area contributed by atoms with Crippen LogP contribution < -0.4 is 10.5 Å². The number of benzene rings is 1. The summed E-state index contributed by atoms with van der Waals surface area (Å²) in [6.07, 6.45) is 1.04. The number of nitrogens with zero attached hydrogens (tertiary/aromatic N) is 1. The molecule has 0 aliphatic heterocycles. The van der Waals surface area contributed by atoms with Gasteiger partial charge in [-0.25, -0.2) is 4.39 Å². The fourth-order valence-corrected chi connectivity index (χ4v) is 1.52. The Labute approximate surface area is 125 Å². The number of amides is 1. The van der Waals surface area contributed by atoms with Crippen LogP contribution >= 0.6 is 12.4 Å². The van der Waals surface area contributed by atoms with Crippen LogP contribution in [-0.4, -0.2) is 37.0 Å². The van der Waals surface area contributed by atoms with Crippen molar-refractivity contribution in [3.8, 4) is 5.75 Å². The average Bonchev–Trinajstić information content (AvgIpc) is 2.43. The van der Waals surface area contributed by atoms with E-state index in [4.69, 9.17) is 10.5 Å². The van der Waals surface area contributed by atoms with Crippen LogP contribution in [0.15, 0.2) is 24.3 Å². The zero-order chi connectivity index (χ0) is 14.3. The average molecular weight is 305 g/mol. The van der Waals surface area contributed by atoms with E-state index in [9.17, 15) is 9.18 Å². The largest absolute Gasteiger partial charge is 0.494 e. The van der Waals surface area contributed by atoms with Gasteiger partial charge in [0.1, 0.15) is 11.6 Å². The topological polar surface area (TPSA) is 55.6 Å². The van der Waals surface area contributed by atoms with Crippen molar-refractivity contribution in [3.05, 3.63) is 30.1 Å². The number of rotatable bonds is 7. The van der Waals surface area contributed by atoms with Gasteiger partial charge in [0.25, 0.3) is 0 Å². The van der Waals surface area contributed by atoms with Crippen molar-refractivity contribution in [1.82, 2.24) is 4.90 Å². The number of carbonyl (C=O) groups excluding carboxylic acids is 1. The Bertz CT molecular complexity index is 401. The van der Waals surface area contributed by atoms with Gasteiger partial charge in [0.2, 0.25) is 5.91 Å². The van der Waals surface area contributed by atoms with Gasteiger partial charge >= 0.3 is 0 Å². The van der Waals surface area contributed by atoms with Gasteiger partial charge < -0.3 is 15.4 Å². The highest BCUT2D eigenvalue weighted by molar-refractivity contribution is 5.85. The van der Waals surface area contributed by atoms with Crippen LogP contribution in [0.25, 0.3) is 0 Å². The summed E-state index contributed by atoms with van der Waals surface area (Å²) < 4.78 is 18.1. The smallest absolute Gasteiger partial charge is 0.222 e. The quantitative estimate of drug-likeness (QED) is 0.786. The molecule has 1 amide bonds. The molecule has 20 heavy (non-hydrogen) atoms. The van der Waals surface area contributed by atoms with Gasteiger partial charge in [-0.3, -0.25) is 4.79 Å². The molecule has 0 aliphatic rings. The van der Waals surface area contributed by atoms with Crippen LogP contribution in [0.3, 0.4) is 0 Å². The Morgan fingerprint density at radius 2 is 2.00 bits per heavy atom. The van der Waals surface area contributed by atoms with Crippen LogP contribution in [0.2, 0.25) is 0 Å².